The first-order chi connectivity index (χ1) is 15.4. The molecule has 3 aliphatic carbocycles. The van der Waals surface area contributed by atoms with Crippen molar-refractivity contribution in [2.75, 3.05) is 0 Å². The van der Waals surface area contributed by atoms with E-state index < -0.39 is 8.32 Å². The highest BCUT2D eigenvalue weighted by Gasteiger charge is 2.54. The van der Waals surface area contributed by atoms with Crippen LogP contribution in [0.25, 0.3) is 0 Å². The number of aliphatic hydroxyl groups is 1. The fourth-order valence-corrected chi connectivity index (χ4v) is 7.61. The molecule has 0 unspecified atom stereocenters. The van der Waals surface area contributed by atoms with Crippen molar-refractivity contribution in [2.45, 2.75) is 102 Å². The van der Waals surface area contributed by atoms with Crippen LogP contribution in [0.15, 0.2) is 43.2 Å². The molecule has 6 atom stereocenters. The van der Waals surface area contributed by atoms with Gasteiger partial charge >= 0.3 is 0 Å². The smallest absolute Gasteiger partial charge is 0.250 e. The minimum atomic E-state index is -1.97. The van der Waals surface area contributed by atoms with Crippen LogP contribution in [-0.2, 0) is 10.8 Å². The number of fused-ring (bicyclic) bond motifs is 5. The zero-order valence-corrected chi connectivity index (χ0v) is 22.6. The fourth-order valence-electron chi connectivity index (χ4n) is 6.54. The molecule has 0 saturated heterocycles. The Balaban J connectivity index is 1.48. The molecule has 3 aliphatic rings. The first-order valence-electron chi connectivity index (χ1n) is 12.9. The highest BCUT2D eigenvalue weighted by atomic mass is 28.4. The molecular formula is C29H44O3Si. The largest absolute Gasteiger partial charge is 0.544 e. The Hall–Kier alpha value is -1.52. The van der Waals surface area contributed by atoms with Gasteiger partial charge in [0.25, 0.3) is 0 Å². The maximum absolute atomic E-state index is 10.6. The third-order valence-corrected chi connectivity index (χ3v) is 14.0. The number of ether oxygens (including phenoxy) is 1. The van der Waals surface area contributed by atoms with E-state index in [-0.39, 0.29) is 22.7 Å². The molecular weight excluding hydrogens is 424 g/mol. The van der Waals surface area contributed by atoms with Gasteiger partial charge in [0.05, 0.1) is 6.10 Å². The third-order valence-electron chi connectivity index (χ3n) is 9.63. The number of aliphatic hydroxyl groups excluding tert-OH is 1. The van der Waals surface area contributed by atoms with Crippen molar-refractivity contribution in [1.29, 1.82) is 0 Å². The molecule has 2 fully saturated rings. The maximum Gasteiger partial charge on any atom is 0.250 e. The van der Waals surface area contributed by atoms with Gasteiger partial charge in [-0.2, -0.15) is 0 Å². The average Bonchev–Trinajstić information content (AvgIpc) is 3.05. The van der Waals surface area contributed by atoms with E-state index in [0.29, 0.717) is 23.5 Å². The summed E-state index contributed by atoms with van der Waals surface area (Å²) in [7, 11) is -1.97. The molecule has 0 amide bonds. The Morgan fingerprint density at radius 2 is 1.94 bits per heavy atom. The highest BCUT2D eigenvalue weighted by molar-refractivity contribution is 6.74. The zero-order chi connectivity index (χ0) is 24.2. The second-order valence-electron chi connectivity index (χ2n) is 12.5. The number of hydrogen-bond acceptors (Lipinski definition) is 3. The first kappa shape index (κ1) is 24.6. The van der Waals surface area contributed by atoms with Crippen molar-refractivity contribution in [1.82, 2.24) is 0 Å². The van der Waals surface area contributed by atoms with Gasteiger partial charge in [0.2, 0.25) is 8.32 Å². The lowest BCUT2D eigenvalue weighted by atomic mass is 9.55. The van der Waals surface area contributed by atoms with E-state index in [1.807, 2.05) is 0 Å². The standard InChI is InChI=1S/C29H44O3Si/c1-9-26(19(2)32-33(7,8)28(3,4)5)31-21-11-13-22-20(18-21)10-12-24-23(22)16-17-29(6)25(24)14-15-27(29)30/h9,11,13,18,23-27,30H,1-2,10,12,14-17H2,3-8H3/t23-,24-,25+,26-,27+,29+/m1/s1. The van der Waals surface area contributed by atoms with Gasteiger partial charge in [-0.15, -0.1) is 0 Å². The normalized spacial score (nSPS) is 32.2. The van der Waals surface area contributed by atoms with E-state index in [2.05, 4.69) is 72.1 Å². The molecule has 0 bridgehead atoms. The first-order valence-corrected chi connectivity index (χ1v) is 15.8. The lowest BCUT2D eigenvalue weighted by molar-refractivity contribution is -0.0226. The SMILES string of the molecule is C=C[C@@H](Oc1ccc2c(c1)CC[C@@H]1[C@@H]2CC[C@]2(C)[C@@H](O)CC[C@@H]12)C(=C)O[Si](C)(C)C(C)(C)C. The van der Waals surface area contributed by atoms with E-state index in [9.17, 15) is 5.11 Å². The molecule has 33 heavy (non-hydrogen) atoms. The van der Waals surface area contributed by atoms with E-state index >= 15 is 0 Å². The molecule has 4 heteroatoms. The zero-order valence-electron chi connectivity index (χ0n) is 21.6. The van der Waals surface area contributed by atoms with Crippen molar-refractivity contribution in [3.05, 3.63) is 54.3 Å². The van der Waals surface area contributed by atoms with Crippen molar-refractivity contribution in [2.24, 2.45) is 17.3 Å². The average molecular weight is 469 g/mol. The summed E-state index contributed by atoms with van der Waals surface area (Å²) in [5, 5.41) is 10.7. The van der Waals surface area contributed by atoms with Crippen LogP contribution in [-0.4, -0.2) is 25.6 Å². The van der Waals surface area contributed by atoms with Crippen LogP contribution in [0.2, 0.25) is 18.1 Å². The molecule has 1 N–H and O–H groups in total. The van der Waals surface area contributed by atoms with Crippen LogP contribution < -0.4 is 4.74 Å². The second kappa shape index (κ2) is 8.60. The predicted molar refractivity (Wildman–Crippen MR) is 139 cm³/mol. The van der Waals surface area contributed by atoms with Crippen molar-refractivity contribution in [3.8, 4) is 5.75 Å². The predicted octanol–water partition coefficient (Wildman–Crippen LogP) is 7.37. The van der Waals surface area contributed by atoms with E-state index in [1.165, 1.54) is 30.4 Å². The van der Waals surface area contributed by atoms with Gasteiger partial charge in [-0.25, -0.2) is 0 Å². The van der Waals surface area contributed by atoms with Gasteiger partial charge in [-0.3, -0.25) is 0 Å². The molecule has 182 valence electrons. The molecule has 1 aromatic rings. The van der Waals surface area contributed by atoms with Gasteiger partial charge in [0.1, 0.15) is 11.5 Å². The maximum atomic E-state index is 10.6. The summed E-state index contributed by atoms with van der Waals surface area (Å²) >= 11 is 0. The Labute approximate surface area is 202 Å². The van der Waals surface area contributed by atoms with E-state index in [0.717, 1.165) is 25.0 Å². The summed E-state index contributed by atoms with van der Waals surface area (Å²) < 4.78 is 12.7. The number of rotatable bonds is 6. The summed E-state index contributed by atoms with van der Waals surface area (Å²) in [6.07, 6.45) is 8.13. The Morgan fingerprint density at radius 3 is 2.61 bits per heavy atom. The van der Waals surface area contributed by atoms with E-state index in [1.54, 1.807) is 6.08 Å². The summed E-state index contributed by atoms with van der Waals surface area (Å²) in [6.45, 7) is 21.7. The molecule has 4 rings (SSSR count). The Morgan fingerprint density at radius 1 is 1.21 bits per heavy atom. The van der Waals surface area contributed by atoms with Crippen LogP contribution in [0.5, 0.6) is 5.75 Å². The van der Waals surface area contributed by atoms with Crippen molar-refractivity contribution in [3.63, 3.8) is 0 Å². The van der Waals surface area contributed by atoms with E-state index in [4.69, 9.17) is 9.16 Å². The third kappa shape index (κ3) is 4.34. The second-order valence-corrected chi connectivity index (χ2v) is 17.2. The molecule has 3 nitrogen and oxygen atoms in total. The van der Waals surface area contributed by atoms with Gasteiger partial charge in [0, 0.05) is 0 Å². The lowest BCUT2D eigenvalue weighted by Gasteiger charge is -2.50. The summed E-state index contributed by atoms with van der Waals surface area (Å²) in [5.41, 5.74) is 3.06. The van der Waals surface area contributed by atoms with Crippen LogP contribution in [0, 0.1) is 17.3 Å². The number of hydrogen-bond donors (Lipinski definition) is 1. The highest BCUT2D eigenvalue weighted by Crippen LogP contribution is 2.61. The number of aryl methyl sites for hydroxylation is 1. The Kier molecular flexibility index (Phi) is 6.41. The summed E-state index contributed by atoms with van der Waals surface area (Å²) in [5.74, 6) is 3.52. The molecule has 0 spiro atoms. The van der Waals surface area contributed by atoms with Crippen molar-refractivity contribution < 1.29 is 14.3 Å². The molecule has 0 aromatic heterocycles. The monoisotopic (exact) mass is 468 g/mol. The van der Waals surface area contributed by atoms with Crippen molar-refractivity contribution >= 4 is 8.32 Å². The minimum absolute atomic E-state index is 0.107. The van der Waals surface area contributed by atoms with Crippen LogP contribution in [0.4, 0.5) is 0 Å². The number of benzene rings is 1. The van der Waals surface area contributed by atoms with Gasteiger partial charge in [-0.1, -0.05) is 46.9 Å². The fraction of sp³-hybridized carbons (Fsp3) is 0.655. The topological polar surface area (TPSA) is 38.7 Å². The molecule has 0 radical (unpaired) electrons. The van der Waals surface area contributed by atoms with Gasteiger partial charge < -0.3 is 14.3 Å². The summed E-state index contributed by atoms with van der Waals surface area (Å²) in [4.78, 5) is 0. The van der Waals surface area contributed by atoms with Gasteiger partial charge in [0.15, 0.2) is 6.10 Å². The van der Waals surface area contributed by atoms with Crippen LogP contribution in [0.3, 0.4) is 0 Å². The Bertz CT molecular complexity index is 914. The molecule has 0 aliphatic heterocycles. The quantitative estimate of drug-likeness (QED) is 0.269. The van der Waals surface area contributed by atoms with Crippen LogP contribution >= 0.6 is 0 Å². The van der Waals surface area contributed by atoms with Gasteiger partial charge in [-0.05, 0) is 109 Å². The lowest BCUT2D eigenvalue weighted by Crippen LogP contribution is -2.43. The van der Waals surface area contributed by atoms with Crippen LogP contribution in [0.1, 0.15) is 76.8 Å². The molecule has 2 saturated carbocycles. The molecule has 1 aromatic carbocycles. The summed E-state index contributed by atoms with van der Waals surface area (Å²) in [6, 6.07) is 6.65. The molecule has 0 heterocycles. The minimum Gasteiger partial charge on any atom is -0.544 e.